The quantitative estimate of drug-likeness (QED) is 0.157. The SMILES string of the molecule is COc1cc(/C=C2/SC(=S)N(c3cccc([N+](=O)[O-])c3)C2=O)cc(Br)c1OCc1ccncc1. The van der Waals surface area contributed by atoms with E-state index in [0.717, 1.165) is 17.3 Å². The molecule has 0 saturated carbocycles. The van der Waals surface area contributed by atoms with Gasteiger partial charge in [0.2, 0.25) is 0 Å². The van der Waals surface area contributed by atoms with Gasteiger partial charge in [-0.1, -0.05) is 30.0 Å². The zero-order valence-corrected chi connectivity index (χ0v) is 20.9. The number of carbonyl (C=O) groups is 1. The lowest BCUT2D eigenvalue weighted by Crippen LogP contribution is -2.27. The van der Waals surface area contributed by atoms with Crippen molar-refractivity contribution < 1.29 is 19.2 Å². The second-order valence-corrected chi connectivity index (χ2v) is 9.50. The average molecular weight is 558 g/mol. The van der Waals surface area contributed by atoms with E-state index in [-0.39, 0.29) is 11.6 Å². The molecule has 0 bridgehead atoms. The van der Waals surface area contributed by atoms with Crippen LogP contribution in [0.25, 0.3) is 6.08 Å². The number of pyridine rings is 1. The number of rotatable bonds is 7. The molecule has 1 amide bonds. The summed E-state index contributed by atoms with van der Waals surface area (Å²) in [4.78, 5) is 29.3. The molecule has 2 aromatic carbocycles. The van der Waals surface area contributed by atoms with Gasteiger partial charge in [0.05, 0.1) is 27.1 Å². The number of thiocarbonyl (C=S) groups is 1. The minimum Gasteiger partial charge on any atom is -0.493 e. The van der Waals surface area contributed by atoms with Crippen molar-refractivity contribution in [3.63, 3.8) is 0 Å². The minimum atomic E-state index is -0.515. The monoisotopic (exact) mass is 557 g/mol. The number of nitro benzene ring substituents is 1. The number of thioether (sulfide) groups is 1. The molecule has 1 fully saturated rings. The van der Waals surface area contributed by atoms with Gasteiger partial charge in [0.25, 0.3) is 11.6 Å². The number of aromatic nitrogens is 1. The van der Waals surface area contributed by atoms with Crippen LogP contribution in [0.2, 0.25) is 0 Å². The lowest BCUT2D eigenvalue weighted by Gasteiger charge is -2.14. The predicted molar refractivity (Wildman–Crippen MR) is 138 cm³/mol. The van der Waals surface area contributed by atoms with Crippen LogP contribution in [0, 0.1) is 10.1 Å². The van der Waals surface area contributed by atoms with Crippen LogP contribution in [0.1, 0.15) is 11.1 Å². The Morgan fingerprint density at radius 1 is 1.24 bits per heavy atom. The van der Waals surface area contributed by atoms with Gasteiger partial charge < -0.3 is 9.47 Å². The van der Waals surface area contributed by atoms with Crippen LogP contribution < -0.4 is 14.4 Å². The summed E-state index contributed by atoms with van der Waals surface area (Å²) < 4.78 is 12.4. The van der Waals surface area contributed by atoms with Crippen LogP contribution in [0.4, 0.5) is 11.4 Å². The Balaban J connectivity index is 1.59. The molecule has 1 saturated heterocycles. The first kappa shape index (κ1) is 23.9. The van der Waals surface area contributed by atoms with Crippen LogP contribution in [-0.4, -0.2) is 27.2 Å². The van der Waals surface area contributed by atoms with E-state index in [1.54, 1.807) is 30.6 Å². The fraction of sp³-hybridized carbons (Fsp3) is 0.0870. The maximum absolute atomic E-state index is 13.1. The van der Waals surface area contributed by atoms with E-state index in [1.165, 1.54) is 30.2 Å². The summed E-state index contributed by atoms with van der Waals surface area (Å²) in [5, 5.41) is 11.1. The molecule has 2 heterocycles. The number of amides is 1. The first-order valence-electron chi connectivity index (χ1n) is 9.79. The molecule has 0 N–H and O–H groups in total. The molecule has 172 valence electrons. The van der Waals surface area contributed by atoms with Gasteiger partial charge in [-0.25, -0.2) is 0 Å². The van der Waals surface area contributed by atoms with Crippen molar-refractivity contribution in [1.82, 2.24) is 4.98 Å². The Labute approximate surface area is 212 Å². The second-order valence-electron chi connectivity index (χ2n) is 6.97. The van der Waals surface area contributed by atoms with Gasteiger partial charge in [0.15, 0.2) is 15.8 Å². The molecule has 34 heavy (non-hydrogen) atoms. The van der Waals surface area contributed by atoms with E-state index >= 15 is 0 Å². The third-order valence-electron chi connectivity index (χ3n) is 4.77. The van der Waals surface area contributed by atoms with Crippen LogP contribution in [0.5, 0.6) is 11.5 Å². The number of nitrogens with zero attached hydrogens (tertiary/aromatic N) is 3. The largest absolute Gasteiger partial charge is 0.493 e. The number of nitro groups is 1. The third kappa shape index (κ3) is 5.11. The normalized spacial score (nSPS) is 14.5. The molecule has 1 aliphatic heterocycles. The van der Waals surface area contributed by atoms with Crippen molar-refractivity contribution >= 4 is 67.6 Å². The van der Waals surface area contributed by atoms with Gasteiger partial charge in [-0.15, -0.1) is 0 Å². The highest BCUT2D eigenvalue weighted by Crippen LogP contribution is 2.40. The summed E-state index contributed by atoms with van der Waals surface area (Å²) in [7, 11) is 1.53. The number of non-ortho nitro benzene ring substituents is 1. The number of methoxy groups -OCH3 is 1. The standard InChI is InChI=1S/C23H16BrN3O5S2/c1-31-19-10-15(9-18(24)21(19)32-13-14-5-7-25-8-6-14)11-20-22(28)26(23(33)34-20)16-3-2-4-17(12-16)27(29)30/h2-12H,13H2,1H3/b20-11+. The van der Waals surface area contributed by atoms with Crippen molar-refractivity contribution in [2.24, 2.45) is 0 Å². The molecule has 0 aliphatic carbocycles. The van der Waals surface area contributed by atoms with Crippen LogP contribution in [-0.2, 0) is 11.4 Å². The number of carbonyl (C=O) groups excluding carboxylic acids is 1. The topological polar surface area (TPSA) is 94.8 Å². The molecule has 4 rings (SSSR count). The lowest BCUT2D eigenvalue weighted by molar-refractivity contribution is -0.384. The summed E-state index contributed by atoms with van der Waals surface area (Å²) in [5.74, 6) is 0.660. The van der Waals surface area contributed by atoms with Gasteiger partial charge >= 0.3 is 0 Å². The van der Waals surface area contributed by atoms with Crippen molar-refractivity contribution in [3.05, 3.63) is 91.5 Å². The summed E-state index contributed by atoms with van der Waals surface area (Å²) in [6.07, 6.45) is 5.08. The lowest BCUT2D eigenvalue weighted by atomic mass is 10.1. The average Bonchev–Trinajstić information content (AvgIpc) is 3.11. The summed E-state index contributed by atoms with van der Waals surface area (Å²) in [6, 6.07) is 13.1. The fourth-order valence-electron chi connectivity index (χ4n) is 3.19. The highest BCUT2D eigenvalue weighted by Gasteiger charge is 2.34. The molecule has 8 nitrogen and oxygen atoms in total. The minimum absolute atomic E-state index is 0.119. The molecule has 1 aliphatic rings. The number of anilines is 1. The van der Waals surface area contributed by atoms with Crippen LogP contribution in [0.3, 0.4) is 0 Å². The van der Waals surface area contributed by atoms with Crippen molar-refractivity contribution in [2.75, 3.05) is 12.0 Å². The number of ether oxygens (including phenoxy) is 2. The Morgan fingerprint density at radius 3 is 2.71 bits per heavy atom. The van der Waals surface area contributed by atoms with Crippen molar-refractivity contribution in [3.8, 4) is 11.5 Å². The molecule has 0 atom stereocenters. The van der Waals surface area contributed by atoms with Gasteiger partial charge in [-0.05, 0) is 63.5 Å². The zero-order valence-electron chi connectivity index (χ0n) is 17.6. The number of hydrogen-bond donors (Lipinski definition) is 0. The van der Waals surface area contributed by atoms with Gasteiger partial charge in [0.1, 0.15) is 6.61 Å². The molecular weight excluding hydrogens is 542 g/mol. The first-order valence-corrected chi connectivity index (χ1v) is 11.8. The van der Waals surface area contributed by atoms with E-state index in [0.29, 0.717) is 43.1 Å². The molecular formula is C23H16BrN3O5S2. The molecule has 3 aromatic rings. The maximum Gasteiger partial charge on any atom is 0.271 e. The van der Waals surface area contributed by atoms with E-state index in [4.69, 9.17) is 21.7 Å². The summed E-state index contributed by atoms with van der Waals surface area (Å²) in [6.45, 7) is 0.332. The van der Waals surface area contributed by atoms with E-state index < -0.39 is 4.92 Å². The number of hydrogen-bond acceptors (Lipinski definition) is 8. The summed E-state index contributed by atoms with van der Waals surface area (Å²) >= 11 is 10.0. The Hall–Kier alpha value is -3.28. The number of halogens is 1. The Kier molecular flexibility index (Phi) is 7.25. The highest BCUT2D eigenvalue weighted by molar-refractivity contribution is 9.10. The van der Waals surface area contributed by atoms with E-state index in [9.17, 15) is 14.9 Å². The van der Waals surface area contributed by atoms with Crippen molar-refractivity contribution in [2.45, 2.75) is 6.61 Å². The van der Waals surface area contributed by atoms with E-state index in [2.05, 4.69) is 20.9 Å². The molecule has 0 radical (unpaired) electrons. The highest BCUT2D eigenvalue weighted by atomic mass is 79.9. The van der Waals surface area contributed by atoms with Gasteiger partial charge in [-0.2, -0.15) is 0 Å². The van der Waals surface area contributed by atoms with Gasteiger partial charge in [-0.3, -0.25) is 24.8 Å². The molecule has 1 aromatic heterocycles. The number of benzene rings is 2. The molecule has 11 heteroatoms. The van der Waals surface area contributed by atoms with Crippen LogP contribution >= 0.6 is 39.9 Å². The second kappa shape index (κ2) is 10.3. The third-order valence-corrected chi connectivity index (χ3v) is 6.67. The van der Waals surface area contributed by atoms with Crippen molar-refractivity contribution in [1.29, 1.82) is 0 Å². The summed E-state index contributed by atoms with van der Waals surface area (Å²) in [5.41, 5.74) is 1.88. The van der Waals surface area contributed by atoms with Crippen LogP contribution in [0.15, 0.2) is 70.3 Å². The Morgan fingerprint density at radius 2 is 2.00 bits per heavy atom. The zero-order chi connectivity index (χ0) is 24.2. The molecule has 0 spiro atoms. The fourth-order valence-corrected chi connectivity index (χ4v) is 5.06. The van der Waals surface area contributed by atoms with E-state index in [1.807, 2.05) is 18.2 Å². The Bertz CT molecular complexity index is 1320. The smallest absolute Gasteiger partial charge is 0.271 e. The predicted octanol–water partition coefficient (Wildman–Crippen LogP) is 5.75. The molecule has 0 unspecified atom stereocenters. The maximum atomic E-state index is 13.1. The first-order chi connectivity index (χ1) is 16.4. The van der Waals surface area contributed by atoms with Gasteiger partial charge in [0, 0.05) is 24.5 Å².